The van der Waals surface area contributed by atoms with Crippen LogP contribution in [0.25, 0.3) is 0 Å². The number of hydrogen-bond acceptors (Lipinski definition) is 4. The van der Waals surface area contributed by atoms with Gasteiger partial charge in [-0.05, 0) is 31.6 Å². The van der Waals surface area contributed by atoms with Gasteiger partial charge in [-0.25, -0.2) is 4.79 Å². The molecule has 4 nitrogen and oxygen atoms in total. The molecule has 2 rings (SSSR count). The van der Waals surface area contributed by atoms with Crippen molar-refractivity contribution in [1.29, 1.82) is 5.41 Å². The van der Waals surface area contributed by atoms with E-state index in [2.05, 4.69) is 0 Å². The molecule has 0 bridgehead atoms. The summed E-state index contributed by atoms with van der Waals surface area (Å²) in [5.41, 5.74) is 7.19. The molecule has 0 aromatic heterocycles. The number of nitrogens with two attached hydrogens (primary N) is 1. The minimum Gasteiger partial charge on any atom is -0.461 e. The Balaban J connectivity index is 2.11. The normalized spacial score (nSPS) is 28.6. The van der Waals surface area contributed by atoms with Crippen molar-refractivity contribution in [2.24, 2.45) is 17.6 Å². The fraction of sp³-hybridized carbons (Fsp3) is 0.600. The van der Waals surface area contributed by atoms with Crippen molar-refractivity contribution in [2.75, 3.05) is 6.61 Å². The van der Waals surface area contributed by atoms with Crippen LogP contribution in [0, 0.1) is 17.2 Å². The average Bonchev–Trinajstić information content (AvgIpc) is 2.78. The van der Waals surface area contributed by atoms with Crippen LogP contribution in [0.4, 0.5) is 0 Å². The van der Waals surface area contributed by atoms with Gasteiger partial charge in [-0.1, -0.05) is 0 Å². The SMILES string of the molecule is CCOC(=O)C(=N)C1=C(N)C[C@H]2C[C@@H]12. The van der Waals surface area contributed by atoms with Gasteiger partial charge in [-0.2, -0.15) is 0 Å². The van der Waals surface area contributed by atoms with E-state index in [4.69, 9.17) is 15.9 Å². The lowest BCUT2D eigenvalue weighted by Gasteiger charge is -2.07. The molecule has 0 saturated heterocycles. The molecule has 14 heavy (non-hydrogen) atoms. The molecule has 0 heterocycles. The molecule has 2 aliphatic carbocycles. The molecular weight excluding hydrogens is 180 g/mol. The zero-order valence-corrected chi connectivity index (χ0v) is 8.17. The van der Waals surface area contributed by atoms with Crippen molar-refractivity contribution in [3.05, 3.63) is 11.3 Å². The number of rotatable bonds is 3. The average molecular weight is 194 g/mol. The fourth-order valence-corrected chi connectivity index (χ4v) is 2.12. The second-order valence-electron chi connectivity index (χ2n) is 3.84. The Morgan fingerprint density at radius 1 is 1.71 bits per heavy atom. The van der Waals surface area contributed by atoms with Gasteiger partial charge in [-0.15, -0.1) is 0 Å². The van der Waals surface area contributed by atoms with Crippen molar-refractivity contribution in [3.63, 3.8) is 0 Å². The number of ether oxygens (including phenoxy) is 1. The second-order valence-corrected chi connectivity index (χ2v) is 3.84. The van der Waals surface area contributed by atoms with Crippen LogP contribution in [-0.2, 0) is 9.53 Å². The number of carbonyl (C=O) groups excluding carboxylic acids is 1. The van der Waals surface area contributed by atoms with Crippen LogP contribution in [0.3, 0.4) is 0 Å². The maximum Gasteiger partial charge on any atom is 0.356 e. The van der Waals surface area contributed by atoms with E-state index in [1.165, 1.54) is 0 Å². The summed E-state index contributed by atoms with van der Waals surface area (Å²) in [6.45, 7) is 2.04. The highest BCUT2D eigenvalue weighted by molar-refractivity contribution is 6.42. The highest BCUT2D eigenvalue weighted by Gasteiger charge is 2.48. The van der Waals surface area contributed by atoms with Crippen LogP contribution >= 0.6 is 0 Å². The second kappa shape index (κ2) is 3.12. The molecule has 0 amide bonds. The largest absolute Gasteiger partial charge is 0.461 e. The lowest BCUT2D eigenvalue weighted by atomic mass is 10.1. The topological polar surface area (TPSA) is 76.2 Å². The van der Waals surface area contributed by atoms with E-state index in [0.717, 1.165) is 18.4 Å². The van der Waals surface area contributed by atoms with Crippen LogP contribution < -0.4 is 5.73 Å². The standard InChI is InChI=1S/C10H14N2O2/c1-2-14-10(13)9(12)8-6-3-5(6)4-7(8)11/h5-6,12H,2-4,11H2,1H3/t5-,6-/m1/s1. The molecule has 0 aromatic carbocycles. The first-order valence-electron chi connectivity index (χ1n) is 4.89. The summed E-state index contributed by atoms with van der Waals surface area (Å²) in [4.78, 5) is 11.3. The van der Waals surface area contributed by atoms with Gasteiger partial charge in [0.2, 0.25) is 0 Å². The number of hydrogen-bond donors (Lipinski definition) is 2. The molecule has 2 aliphatic rings. The van der Waals surface area contributed by atoms with Gasteiger partial charge in [0.25, 0.3) is 0 Å². The number of carbonyl (C=O) groups is 1. The molecule has 0 aromatic rings. The minimum atomic E-state index is -0.544. The lowest BCUT2D eigenvalue weighted by Crippen LogP contribution is -2.21. The summed E-state index contributed by atoms with van der Waals surface area (Å²) < 4.78 is 4.78. The quantitative estimate of drug-likeness (QED) is 0.516. The highest BCUT2D eigenvalue weighted by Crippen LogP contribution is 2.53. The molecule has 76 valence electrons. The van der Waals surface area contributed by atoms with Crippen LogP contribution in [0.5, 0.6) is 0 Å². The molecule has 1 saturated carbocycles. The summed E-state index contributed by atoms with van der Waals surface area (Å²) in [7, 11) is 0. The van der Waals surface area contributed by atoms with E-state index >= 15 is 0 Å². The molecule has 0 unspecified atom stereocenters. The predicted octanol–water partition coefficient (Wildman–Crippen LogP) is 0.822. The maximum atomic E-state index is 11.3. The Bertz CT molecular complexity index is 333. The molecule has 1 fully saturated rings. The molecule has 0 radical (unpaired) electrons. The van der Waals surface area contributed by atoms with Crippen LogP contribution in [0.15, 0.2) is 11.3 Å². The molecule has 0 aliphatic heterocycles. The summed E-state index contributed by atoms with van der Waals surface area (Å²) in [6, 6.07) is 0. The third kappa shape index (κ3) is 1.31. The van der Waals surface area contributed by atoms with Crippen LogP contribution in [0.1, 0.15) is 19.8 Å². The Morgan fingerprint density at radius 3 is 2.93 bits per heavy atom. The Kier molecular flexibility index (Phi) is 2.06. The Hall–Kier alpha value is -1.32. The van der Waals surface area contributed by atoms with Crippen molar-refractivity contribution in [1.82, 2.24) is 0 Å². The smallest absolute Gasteiger partial charge is 0.356 e. The monoisotopic (exact) mass is 194 g/mol. The molecule has 3 N–H and O–H groups in total. The number of allylic oxidation sites excluding steroid dienone is 1. The Labute approximate surface area is 82.6 Å². The predicted molar refractivity (Wildman–Crippen MR) is 51.8 cm³/mol. The summed E-state index contributed by atoms with van der Waals surface area (Å²) in [5, 5.41) is 7.67. The molecule has 4 heteroatoms. The van der Waals surface area contributed by atoms with Gasteiger partial charge in [0, 0.05) is 11.3 Å². The lowest BCUT2D eigenvalue weighted by molar-refractivity contribution is -0.135. The maximum absolute atomic E-state index is 11.3. The van der Waals surface area contributed by atoms with Crippen molar-refractivity contribution < 1.29 is 9.53 Å². The van der Waals surface area contributed by atoms with Gasteiger partial charge in [0.05, 0.1) is 6.61 Å². The van der Waals surface area contributed by atoms with E-state index in [1.54, 1.807) is 6.92 Å². The van der Waals surface area contributed by atoms with Crippen molar-refractivity contribution >= 4 is 11.7 Å². The fourth-order valence-electron chi connectivity index (χ4n) is 2.12. The van der Waals surface area contributed by atoms with Gasteiger partial charge < -0.3 is 10.5 Å². The summed E-state index contributed by atoms with van der Waals surface area (Å²) in [6.07, 6.45) is 1.93. The van der Waals surface area contributed by atoms with Crippen molar-refractivity contribution in [3.8, 4) is 0 Å². The Morgan fingerprint density at radius 2 is 2.43 bits per heavy atom. The summed E-state index contributed by atoms with van der Waals surface area (Å²) >= 11 is 0. The zero-order valence-electron chi connectivity index (χ0n) is 8.17. The molecule has 0 spiro atoms. The van der Waals surface area contributed by atoms with Gasteiger partial charge >= 0.3 is 5.97 Å². The first-order valence-corrected chi connectivity index (χ1v) is 4.89. The van der Waals surface area contributed by atoms with Crippen LogP contribution in [0.2, 0.25) is 0 Å². The van der Waals surface area contributed by atoms with Gasteiger partial charge in [0.15, 0.2) is 0 Å². The van der Waals surface area contributed by atoms with E-state index in [1.807, 2.05) is 0 Å². The third-order valence-electron chi connectivity index (χ3n) is 2.87. The number of nitrogens with one attached hydrogen (secondary N) is 1. The van der Waals surface area contributed by atoms with E-state index in [-0.39, 0.29) is 5.71 Å². The van der Waals surface area contributed by atoms with E-state index in [0.29, 0.717) is 24.1 Å². The van der Waals surface area contributed by atoms with E-state index < -0.39 is 5.97 Å². The molecular formula is C10H14N2O2. The van der Waals surface area contributed by atoms with Gasteiger partial charge in [-0.3, -0.25) is 5.41 Å². The van der Waals surface area contributed by atoms with Crippen molar-refractivity contribution in [2.45, 2.75) is 19.8 Å². The molecule has 2 atom stereocenters. The highest BCUT2D eigenvalue weighted by atomic mass is 16.5. The third-order valence-corrected chi connectivity index (χ3v) is 2.87. The van der Waals surface area contributed by atoms with Gasteiger partial charge in [0.1, 0.15) is 5.71 Å². The first-order chi connectivity index (χ1) is 6.65. The van der Waals surface area contributed by atoms with E-state index in [9.17, 15) is 4.79 Å². The number of esters is 1. The zero-order chi connectivity index (χ0) is 10.3. The summed E-state index contributed by atoms with van der Waals surface area (Å²) in [5.74, 6) is 0.421. The van der Waals surface area contributed by atoms with Crippen LogP contribution in [-0.4, -0.2) is 18.3 Å². The minimum absolute atomic E-state index is 0.0330. The first kappa shape index (κ1) is 9.24. The number of fused-ring (bicyclic) bond motifs is 1.